The lowest BCUT2D eigenvalue weighted by atomic mass is 9.96. The van der Waals surface area contributed by atoms with Crippen LogP contribution in [0, 0.1) is 19.8 Å². The minimum atomic E-state index is 0.00924. The molecule has 1 N–H and O–H groups in total. The van der Waals surface area contributed by atoms with Gasteiger partial charge in [0, 0.05) is 39.3 Å². The van der Waals surface area contributed by atoms with E-state index in [-0.39, 0.29) is 11.8 Å². The van der Waals surface area contributed by atoms with Crippen molar-refractivity contribution in [1.82, 2.24) is 25.2 Å². The highest BCUT2D eigenvalue weighted by Gasteiger charge is 2.26. The molecule has 29 heavy (non-hydrogen) atoms. The van der Waals surface area contributed by atoms with Crippen LogP contribution < -0.4 is 10.2 Å². The van der Waals surface area contributed by atoms with Gasteiger partial charge in [-0.15, -0.1) is 0 Å². The summed E-state index contributed by atoms with van der Waals surface area (Å²) in [6.07, 6.45) is 3.78. The van der Waals surface area contributed by atoms with Crippen molar-refractivity contribution in [3.8, 4) is 0 Å². The summed E-state index contributed by atoms with van der Waals surface area (Å²) in [5.41, 5.74) is 4.33. The van der Waals surface area contributed by atoms with Gasteiger partial charge in [-0.05, 0) is 32.8 Å². The Morgan fingerprint density at radius 3 is 2.83 bits per heavy atom. The first-order chi connectivity index (χ1) is 14.1. The molecule has 0 saturated carbocycles. The number of carbonyl (C=O) groups excluding carboxylic acids is 1. The summed E-state index contributed by atoms with van der Waals surface area (Å²) in [6.45, 7) is 10.6. The molecule has 0 unspecified atom stereocenters. The molecule has 156 valence electrons. The Balaban J connectivity index is 1.35. The van der Waals surface area contributed by atoms with Crippen LogP contribution >= 0.6 is 0 Å². The van der Waals surface area contributed by atoms with Gasteiger partial charge in [0.05, 0.1) is 42.4 Å². The number of hydrogen-bond donors (Lipinski definition) is 1. The second-order valence-corrected chi connectivity index (χ2v) is 7.96. The molecule has 1 atom stereocenters. The van der Waals surface area contributed by atoms with Gasteiger partial charge in [-0.2, -0.15) is 0 Å². The van der Waals surface area contributed by atoms with Gasteiger partial charge in [0.25, 0.3) is 0 Å². The number of fused-ring (bicyclic) bond motifs is 1. The van der Waals surface area contributed by atoms with Gasteiger partial charge in [-0.3, -0.25) is 9.69 Å². The summed E-state index contributed by atoms with van der Waals surface area (Å²) in [7, 11) is 0. The summed E-state index contributed by atoms with van der Waals surface area (Å²) in [6, 6.07) is 2.04. The quantitative estimate of drug-likeness (QED) is 0.813. The maximum Gasteiger partial charge on any atom is 0.224 e. The predicted molar refractivity (Wildman–Crippen MR) is 112 cm³/mol. The van der Waals surface area contributed by atoms with Crippen molar-refractivity contribution < 1.29 is 9.53 Å². The van der Waals surface area contributed by atoms with E-state index in [9.17, 15) is 4.79 Å². The van der Waals surface area contributed by atoms with Gasteiger partial charge in [0.15, 0.2) is 5.65 Å². The standard InChI is InChI=1S/C21H30N6O2/c1-15-16(2)25-20-19(24-15)12-18(13-23-20)27-6-3-4-17(14-27)21(28)22-5-7-26-8-10-29-11-9-26/h12-13,17H,3-11,14H2,1-2H3,(H,22,28)/t17-/m1/s1. The van der Waals surface area contributed by atoms with Crippen molar-refractivity contribution in [2.45, 2.75) is 26.7 Å². The van der Waals surface area contributed by atoms with Crippen LogP contribution in [0.25, 0.3) is 11.2 Å². The van der Waals surface area contributed by atoms with Gasteiger partial charge < -0.3 is 15.0 Å². The summed E-state index contributed by atoms with van der Waals surface area (Å²) < 4.78 is 5.37. The Morgan fingerprint density at radius 2 is 2.00 bits per heavy atom. The maximum atomic E-state index is 12.7. The van der Waals surface area contributed by atoms with Crippen LogP contribution in [0.2, 0.25) is 0 Å². The van der Waals surface area contributed by atoms with E-state index >= 15 is 0 Å². The molecule has 2 fully saturated rings. The molecule has 0 radical (unpaired) electrons. The molecule has 2 aromatic heterocycles. The van der Waals surface area contributed by atoms with Gasteiger partial charge in [-0.1, -0.05) is 0 Å². The third kappa shape index (κ3) is 4.82. The third-order valence-electron chi connectivity index (χ3n) is 5.91. The van der Waals surface area contributed by atoms with Crippen molar-refractivity contribution in [3.63, 3.8) is 0 Å². The lowest BCUT2D eigenvalue weighted by Gasteiger charge is -2.33. The van der Waals surface area contributed by atoms with Crippen LogP contribution in [-0.2, 0) is 9.53 Å². The number of aryl methyl sites for hydroxylation is 2. The molecule has 0 aliphatic carbocycles. The van der Waals surface area contributed by atoms with Crippen LogP contribution in [-0.4, -0.2) is 78.2 Å². The molecule has 1 amide bonds. The summed E-state index contributed by atoms with van der Waals surface area (Å²) in [4.78, 5) is 30.9. The predicted octanol–water partition coefficient (Wildman–Crippen LogP) is 1.31. The highest BCUT2D eigenvalue weighted by molar-refractivity contribution is 5.80. The maximum absolute atomic E-state index is 12.7. The molecule has 0 spiro atoms. The lowest BCUT2D eigenvalue weighted by Crippen LogP contribution is -2.46. The molecule has 8 heteroatoms. The number of carbonyl (C=O) groups is 1. The Kier molecular flexibility index (Phi) is 6.20. The van der Waals surface area contributed by atoms with Crippen molar-refractivity contribution in [2.24, 2.45) is 5.92 Å². The van der Waals surface area contributed by atoms with Gasteiger partial charge >= 0.3 is 0 Å². The number of pyridine rings is 1. The average molecular weight is 399 g/mol. The monoisotopic (exact) mass is 398 g/mol. The Labute approximate surface area is 171 Å². The largest absolute Gasteiger partial charge is 0.379 e. The normalized spacial score (nSPS) is 20.8. The molecule has 0 aromatic carbocycles. The smallest absolute Gasteiger partial charge is 0.224 e. The van der Waals surface area contributed by atoms with E-state index in [0.29, 0.717) is 12.2 Å². The number of anilines is 1. The first-order valence-corrected chi connectivity index (χ1v) is 10.5. The van der Waals surface area contributed by atoms with Gasteiger partial charge in [0.1, 0.15) is 5.52 Å². The zero-order chi connectivity index (χ0) is 20.2. The van der Waals surface area contributed by atoms with E-state index in [0.717, 1.165) is 81.4 Å². The molecule has 2 saturated heterocycles. The zero-order valence-electron chi connectivity index (χ0n) is 17.4. The Hall–Kier alpha value is -2.32. The number of rotatable bonds is 5. The molecule has 2 aliphatic heterocycles. The number of nitrogens with zero attached hydrogens (tertiary/aromatic N) is 5. The van der Waals surface area contributed by atoms with Crippen molar-refractivity contribution in [2.75, 3.05) is 57.4 Å². The van der Waals surface area contributed by atoms with E-state index in [4.69, 9.17) is 4.74 Å². The molecule has 8 nitrogen and oxygen atoms in total. The van der Waals surface area contributed by atoms with E-state index in [1.165, 1.54) is 0 Å². The first kappa shape index (κ1) is 20.0. The van der Waals surface area contributed by atoms with Crippen LogP contribution in [0.4, 0.5) is 5.69 Å². The molecule has 4 heterocycles. The van der Waals surface area contributed by atoms with E-state index < -0.39 is 0 Å². The van der Waals surface area contributed by atoms with Crippen LogP contribution in [0.15, 0.2) is 12.3 Å². The number of piperidine rings is 1. The zero-order valence-corrected chi connectivity index (χ0v) is 17.4. The van der Waals surface area contributed by atoms with Crippen molar-refractivity contribution >= 4 is 22.8 Å². The van der Waals surface area contributed by atoms with Crippen LogP contribution in [0.5, 0.6) is 0 Å². The Bertz CT molecular complexity index is 868. The summed E-state index contributed by atoms with van der Waals surface area (Å²) >= 11 is 0. The number of amides is 1. The molecular weight excluding hydrogens is 368 g/mol. The average Bonchev–Trinajstić information content (AvgIpc) is 2.75. The number of aromatic nitrogens is 3. The summed E-state index contributed by atoms with van der Waals surface area (Å²) in [5.74, 6) is 0.165. The second-order valence-electron chi connectivity index (χ2n) is 7.96. The Morgan fingerprint density at radius 1 is 1.21 bits per heavy atom. The second kappa shape index (κ2) is 9.00. The number of ether oxygens (including phenoxy) is 1. The summed E-state index contributed by atoms with van der Waals surface area (Å²) in [5, 5.41) is 3.13. The molecule has 4 rings (SSSR count). The van der Waals surface area contributed by atoms with Crippen LogP contribution in [0.3, 0.4) is 0 Å². The fraction of sp³-hybridized carbons (Fsp3) is 0.619. The number of morpholine rings is 1. The fourth-order valence-corrected chi connectivity index (χ4v) is 4.01. The number of nitrogens with one attached hydrogen (secondary N) is 1. The minimum Gasteiger partial charge on any atom is -0.379 e. The first-order valence-electron chi connectivity index (χ1n) is 10.5. The highest BCUT2D eigenvalue weighted by Crippen LogP contribution is 2.25. The fourth-order valence-electron chi connectivity index (χ4n) is 4.01. The van der Waals surface area contributed by atoms with Gasteiger partial charge in [0.2, 0.25) is 5.91 Å². The SMILES string of the molecule is Cc1nc2cc(N3CCC[C@@H](C(=O)NCCN4CCOCC4)C3)cnc2nc1C. The minimum absolute atomic E-state index is 0.00924. The third-order valence-corrected chi connectivity index (χ3v) is 5.91. The van der Waals surface area contributed by atoms with E-state index in [1.807, 2.05) is 26.1 Å². The topological polar surface area (TPSA) is 83.5 Å². The lowest BCUT2D eigenvalue weighted by molar-refractivity contribution is -0.125. The highest BCUT2D eigenvalue weighted by atomic mass is 16.5. The van der Waals surface area contributed by atoms with Crippen molar-refractivity contribution in [3.05, 3.63) is 23.7 Å². The van der Waals surface area contributed by atoms with Crippen molar-refractivity contribution in [1.29, 1.82) is 0 Å². The molecule has 2 aromatic rings. The van der Waals surface area contributed by atoms with E-state index in [1.54, 1.807) is 0 Å². The van der Waals surface area contributed by atoms with E-state index in [2.05, 4.69) is 30.1 Å². The molecular formula is C21H30N6O2. The van der Waals surface area contributed by atoms with Gasteiger partial charge in [-0.25, -0.2) is 15.0 Å². The van der Waals surface area contributed by atoms with Crippen LogP contribution in [0.1, 0.15) is 24.2 Å². The molecule has 0 bridgehead atoms. The number of hydrogen-bond acceptors (Lipinski definition) is 7. The molecule has 2 aliphatic rings.